The van der Waals surface area contributed by atoms with Crippen molar-refractivity contribution in [1.29, 1.82) is 0 Å². The molecule has 74 valence electrons. The van der Waals surface area contributed by atoms with Gasteiger partial charge in [-0.25, -0.2) is 0 Å². The summed E-state index contributed by atoms with van der Waals surface area (Å²) in [5.41, 5.74) is 2.49. The first-order valence-corrected chi connectivity index (χ1v) is 5.04. The van der Waals surface area contributed by atoms with E-state index in [4.69, 9.17) is 0 Å². The molecule has 1 aliphatic heterocycles. The molecule has 0 aliphatic carbocycles. The van der Waals surface area contributed by atoms with Crippen molar-refractivity contribution in [3.05, 3.63) is 42.1 Å². The summed E-state index contributed by atoms with van der Waals surface area (Å²) in [7, 11) is 2.15. The zero-order valence-electron chi connectivity index (χ0n) is 8.53. The van der Waals surface area contributed by atoms with Gasteiger partial charge in [0, 0.05) is 24.5 Å². The van der Waals surface area contributed by atoms with Gasteiger partial charge in [-0.1, -0.05) is 24.3 Å². The molecule has 1 aromatic rings. The van der Waals surface area contributed by atoms with Crippen LogP contribution >= 0.6 is 0 Å². The molecule has 0 atom stereocenters. The Labute approximate surface area is 85.2 Å². The van der Waals surface area contributed by atoms with Crippen LogP contribution in [0.4, 0.5) is 5.69 Å². The van der Waals surface area contributed by atoms with Gasteiger partial charge in [-0.3, -0.25) is 0 Å². The van der Waals surface area contributed by atoms with Gasteiger partial charge >= 0.3 is 0 Å². The number of likely N-dealkylation sites (N-methyl/N-ethyl adjacent to an activating group) is 1. The largest absolute Gasteiger partial charge is 0.358 e. The lowest BCUT2D eigenvalue weighted by Gasteiger charge is -2.23. The number of anilines is 1. The molecule has 2 nitrogen and oxygen atoms in total. The van der Waals surface area contributed by atoms with Crippen molar-refractivity contribution in [2.75, 3.05) is 25.5 Å². The fraction of sp³-hybridized carbons (Fsp3) is 0.333. The third kappa shape index (κ3) is 2.36. The monoisotopic (exact) mass is 188 g/mol. The summed E-state index contributed by atoms with van der Waals surface area (Å²) < 4.78 is 0. The fourth-order valence-corrected chi connectivity index (χ4v) is 1.69. The smallest absolute Gasteiger partial charge is 0.0382 e. The van der Waals surface area contributed by atoms with Crippen LogP contribution in [-0.2, 0) is 0 Å². The van der Waals surface area contributed by atoms with Gasteiger partial charge in [0.2, 0.25) is 0 Å². The molecule has 1 N–H and O–H groups in total. The molecule has 0 saturated carbocycles. The van der Waals surface area contributed by atoms with Crippen LogP contribution in [0, 0.1) is 0 Å². The second-order valence-electron chi connectivity index (χ2n) is 3.75. The van der Waals surface area contributed by atoms with Crippen LogP contribution in [-0.4, -0.2) is 25.0 Å². The van der Waals surface area contributed by atoms with E-state index in [1.165, 1.54) is 17.9 Å². The molecule has 0 fully saturated rings. The maximum atomic E-state index is 3.43. The van der Waals surface area contributed by atoms with Crippen LogP contribution in [0.5, 0.6) is 0 Å². The predicted octanol–water partition coefficient (Wildman–Crippen LogP) is 2.32. The quantitative estimate of drug-likeness (QED) is 0.766. The zero-order valence-corrected chi connectivity index (χ0v) is 8.53. The SMILES string of the molecule is CN1CCC=C(Nc2ccccc2)C1. The first kappa shape index (κ1) is 9.28. The number of nitrogens with zero attached hydrogens (tertiary/aromatic N) is 1. The second-order valence-corrected chi connectivity index (χ2v) is 3.75. The maximum Gasteiger partial charge on any atom is 0.0382 e. The van der Waals surface area contributed by atoms with Gasteiger partial charge in [0.25, 0.3) is 0 Å². The Bertz CT molecular complexity index is 316. The van der Waals surface area contributed by atoms with E-state index in [1.807, 2.05) is 6.07 Å². The highest BCUT2D eigenvalue weighted by molar-refractivity contribution is 5.48. The average Bonchev–Trinajstić information content (AvgIpc) is 2.19. The van der Waals surface area contributed by atoms with Crippen LogP contribution in [0.1, 0.15) is 6.42 Å². The highest BCUT2D eigenvalue weighted by Crippen LogP contribution is 2.13. The predicted molar refractivity (Wildman–Crippen MR) is 60.3 cm³/mol. The molecule has 1 aliphatic rings. The molecule has 2 heteroatoms. The van der Waals surface area contributed by atoms with Crippen LogP contribution in [0.3, 0.4) is 0 Å². The molecular formula is C12H16N2. The van der Waals surface area contributed by atoms with E-state index < -0.39 is 0 Å². The van der Waals surface area contributed by atoms with Crippen LogP contribution in [0.2, 0.25) is 0 Å². The molecule has 0 bridgehead atoms. The van der Waals surface area contributed by atoms with Gasteiger partial charge in [0.1, 0.15) is 0 Å². The lowest BCUT2D eigenvalue weighted by atomic mass is 10.2. The van der Waals surface area contributed by atoms with E-state index in [0.717, 1.165) is 13.0 Å². The average molecular weight is 188 g/mol. The lowest BCUT2D eigenvalue weighted by molar-refractivity contribution is 0.356. The van der Waals surface area contributed by atoms with Crippen LogP contribution in [0.15, 0.2) is 42.1 Å². The maximum absolute atomic E-state index is 3.43. The Morgan fingerprint density at radius 1 is 1.21 bits per heavy atom. The summed E-state index contributed by atoms with van der Waals surface area (Å²) in [5.74, 6) is 0. The topological polar surface area (TPSA) is 15.3 Å². The number of nitrogens with one attached hydrogen (secondary N) is 1. The first-order chi connectivity index (χ1) is 6.84. The molecular weight excluding hydrogens is 172 g/mol. The van der Waals surface area contributed by atoms with E-state index in [2.05, 4.69) is 47.6 Å². The Morgan fingerprint density at radius 2 is 2.00 bits per heavy atom. The van der Waals surface area contributed by atoms with Gasteiger partial charge in [0.15, 0.2) is 0 Å². The number of para-hydroxylation sites is 1. The molecule has 0 saturated heterocycles. The Morgan fingerprint density at radius 3 is 2.71 bits per heavy atom. The molecule has 14 heavy (non-hydrogen) atoms. The van der Waals surface area contributed by atoms with Gasteiger partial charge in [-0.05, 0) is 25.6 Å². The summed E-state index contributed by atoms with van der Waals surface area (Å²) in [6.07, 6.45) is 3.43. The Balaban J connectivity index is 2.01. The lowest BCUT2D eigenvalue weighted by Crippen LogP contribution is -2.28. The van der Waals surface area contributed by atoms with Crippen molar-refractivity contribution in [3.8, 4) is 0 Å². The third-order valence-electron chi connectivity index (χ3n) is 2.42. The Kier molecular flexibility index (Phi) is 2.84. The summed E-state index contributed by atoms with van der Waals surface area (Å²) >= 11 is 0. The highest BCUT2D eigenvalue weighted by Gasteiger charge is 2.07. The summed E-state index contributed by atoms with van der Waals surface area (Å²) in [6.45, 7) is 2.19. The van der Waals surface area contributed by atoms with Gasteiger partial charge in [-0.15, -0.1) is 0 Å². The summed E-state index contributed by atoms with van der Waals surface area (Å²) in [5, 5.41) is 3.43. The molecule has 1 aromatic carbocycles. The number of hydrogen-bond acceptors (Lipinski definition) is 2. The molecule has 0 unspecified atom stereocenters. The van der Waals surface area contributed by atoms with Crippen molar-refractivity contribution >= 4 is 5.69 Å². The van der Waals surface area contributed by atoms with E-state index in [0.29, 0.717) is 0 Å². The molecule has 0 aromatic heterocycles. The minimum Gasteiger partial charge on any atom is -0.358 e. The molecule has 0 radical (unpaired) electrons. The zero-order chi connectivity index (χ0) is 9.80. The second kappa shape index (κ2) is 4.29. The first-order valence-electron chi connectivity index (χ1n) is 5.04. The van der Waals surface area contributed by atoms with Crippen molar-refractivity contribution in [3.63, 3.8) is 0 Å². The number of rotatable bonds is 2. The molecule has 0 amide bonds. The van der Waals surface area contributed by atoms with Gasteiger partial charge in [0.05, 0.1) is 0 Å². The van der Waals surface area contributed by atoms with Crippen LogP contribution < -0.4 is 5.32 Å². The standard InChI is InChI=1S/C12H16N2/c1-14-9-5-8-12(10-14)13-11-6-3-2-4-7-11/h2-4,6-8,13H,5,9-10H2,1H3. The van der Waals surface area contributed by atoms with Gasteiger partial charge in [-0.2, -0.15) is 0 Å². The number of benzene rings is 1. The molecule has 2 rings (SSSR count). The Hall–Kier alpha value is -1.28. The van der Waals surface area contributed by atoms with Crippen molar-refractivity contribution in [2.45, 2.75) is 6.42 Å². The summed E-state index contributed by atoms with van der Waals surface area (Å²) in [6, 6.07) is 10.3. The van der Waals surface area contributed by atoms with Crippen molar-refractivity contribution < 1.29 is 0 Å². The van der Waals surface area contributed by atoms with E-state index in [1.54, 1.807) is 0 Å². The normalized spacial score (nSPS) is 17.6. The fourth-order valence-electron chi connectivity index (χ4n) is 1.69. The summed E-state index contributed by atoms with van der Waals surface area (Å²) in [4.78, 5) is 2.32. The minimum absolute atomic E-state index is 1.02. The minimum atomic E-state index is 1.02. The van der Waals surface area contributed by atoms with E-state index in [-0.39, 0.29) is 0 Å². The molecule has 1 heterocycles. The van der Waals surface area contributed by atoms with Crippen molar-refractivity contribution in [2.24, 2.45) is 0 Å². The van der Waals surface area contributed by atoms with E-state index in [9.17, 15) is 0 Å². The highest BCUT2D eigenvalue weighted by atomic mass is 15.1. The number of hydrogen-bond donors (Lipinski definition) is 1. The van der Waals surface area contributed by atoms with E-state index >= 15 is 0 Å². The third-order valence-corrected chi connectivity index (χ3v) is 2.42. The van der Waals surface area contributed by atoms with Crippen LogP contribution in [0.25, 0.3) is 0 Å². The molecule has 0 spiro atoms. The van der Waals surface area contributed by atoms with Crippen molar-refractivity contribution in [1.82, 2.24) is 4.90 Å². The van der Waals surface area contributed by atoms with Gasteiger partial charge < -0.3 is 10.2 Å².